The average Bonchev–Trinajstić information content (AvgIpc) is 3.15. The number of carbonyl (C=O) groups excluding carboxylic acids is 1. The molecule has 0 unspecified atom stereocenters. The van der Waals surface area contributed by atoms with E-state index in [9.17, 15) is 4.79 Å². The zero-order chi connectivity index (χ0) is 20.2. The summed E-state index contributed by atoms with van der Waals surface area (Å²) < 4.78 is 1.82. The van der Waals surface area contributed by atoms with Gasteiger partial charge in [0.05, 0.1) is 29.2 Å². The summed E-state index contributed by atoms with van der Waals surface area (Å²) in [5.41, 5.74) is 2.18. The fourth-order valence-corrected chi connectivity index (χ4v) is 3.84. The number of pyridine rings is 1. The molecule has 2 N–H and O–H groups in total. The summed E-state index contributed by atoms with van der Waals surface area (Å²) in [4.78, 5) is 18.3. The molecular formula is C22H20N6O. The number of hydrogen-bond acceptors (Lipinski definition) is 4. The second-order valence-corrected chi connectivity index (χ2v) is 7.63. The molecule has 1 amide bonds. The van der Waals surface area contributed by atoms with E-state index in [0.717, 1.165) is 33.2 Å². The van der Waals surface area contributed by atoms with Gasteiger partial charge in [-0.1, -0.05) is 24.3 Å². The van der Waals surface area contributed by atoms with Gasteiger partial charge in [0.2, 0.25) is 5.91 Å². The molecule has 7 nitrogen and oxygen atoms in total. The number of para-hydroxylation sites is 1. The monoisotopic (exact) mass is 384 g/mol. The first-order valence-corrected chi connectivity index (χ1v) is 9.42. The van der Waals surface area contributed by atoms with Crippen LogP contribution in [0.25, 0.3) is 27.6 Å². The SMILES string of the molecule is CN1C(=N)N[C@](C)(c2ccc3c(cnn3-c3ccc4ccccc4n3)c2)CC1=O. The zero-order valence-corrected chi connectivity index (χ0v) is 16.2. The van der Waals surface area contributed by atoms with Crippen molar-refractivity contribution >= 4 is 33.7 Å². The summed E-state index contributed by atoms with van der Waals surface area (Å²) in [6.07, 6.45) is 2.10. The molecule has 29 heavy (non-hydrogen) atoms. The maximum atomic E-state index is 12.3. The zero-order valence-electron chi connectivity index (χ0n) is 16.2. The van der Waals surface area contributed by atoms with Crippen LogP contribution in [0.4, 0.5) is 0 Å². The van der Waals surface area contributed by atoms with Gasteiger partial charge < -0.3 is 5.32 Å². The van der Waals surface area contributed by atoms with Crippen LogP contribution in [-0.4, -0.2) is 38.6 Å². The van der Waals surface area contributed by atoms with Crippen molar-refractivity contribution in [1.29, 1.82) is 5.41 Å². The third-order valence-electron chi connectivity index (χ3n) is 5.61. The molecule has 2 aromatic heterocycles. The highest BCUT2D eigenvalue weighted by molar-refractivity contribution is 5.99. The van der Waals surface area contributed by atoms with Crippen LogP contribution in [0.15, 0.2) is 60.8 Å². The Kier molecular flexibility index (Phi) is 3.67. The molecule has 1 atom stereocenters. The molecule has 0 aliphatic carbocycles. The summed E-state index contributed by atoms with van der Waals surface area (Å²) in [6, 6.07) is 18.0. The van der Waals surface area contributed by atoms with Gasteiger partial charge in [0.15, 0.2) is 11.8 Å². The lowest BCUT2D eigenvalue weighted by Gasteiger charge is -2.39. The van der Waals surface area contributed by atoms with E-state index < -0.39 is 5.54 Å². The number of nitrogens with one attached hydrogen (secondary N) is 2. The van der Waals surface area contributed by atoms with Crippen molar-refractivity contribution in [3.63, 3.8) is 0 Å². The second kappa shape index (κ2) is 6.13. The van der Waals surface area contributed by atoms with Gasteiger partial charge >= 0.3 is 0 Å². The molecule has 5 rings (SSSR count). The molecule has 0 bridgehead atoms. The van der Waals surface area contributed by atoms with E-state index in [2.05, 4.69) is 10.4 Å². The van der Waals surface area contributed by atoms with Crippen LogP contribution in [0, 0.1) is 5.41 Å². The number of fused-ring (bicyclic) bond motifs is 2. The maximum absolute atomic E-state index is 12.3. The van der Waals surface area contributed by atoms with Crippen LogP contribution in [0.3, 0.4) is 0 Å². The molecule has 7 heteroatoms. The van der Waals surface area contributed by atoms with Crippen LogP contribution >= 0.6 is 0 Å². The standard InChI is InChI=1S/C22H20N6O/c1-22(12-20(29)27(2)21(23)26-22)16-8-9-18-15(11-16)13-24-28(18)19-10-7-14-5-3-4-6-17(14)25-19/h3-11,13H,12H2,1-2H3,(H2,23,26)/t22-/m0/s1. The molecule has 0 spiro atoms. The molecule has 3 heterocycles. The van der Waals surface area contributed by atoms with Crippen molar-refractivity contribution in [2.75, 3.05) is 7.05 Å². The molecule has 0 saturated carbocycles. The van der Waals surface area contributed by atoms with Gasteiger partial charge in [-0.2, -0.15) is 5.10 Å². The highest BCUT2D eigenvalue weighted by Gasteiger charge is 2.38. The summed E-state index contributed by atoms with van der Waals surface area (Å²) >= 11 is 0. The number of aromatic nitrogens is 3. The Bertz CT molecular complexity index is 1270. The van der Waals surface area contributed by atoms with Crippen LogP contribution in [-0.2, 0) is 10.3 Å². The number of benzene rings is 2. The van der Waals surface area contributed by atoms with Crippen molar-refractivity contribution in [2.24, 2.45) is 0 Å². The first-order valence-electron chi connectivity index (χ1n) is 9.42. The van der Waals surface area contributed by atoms with Gasteiger partial charge in [-0.3, -0.25) is 15.1 Å². The third kappa shape index (κ3) is 2.74. The fourth-order valence-electron chi connectivity index (χ4n) is 3.84. The molecule has 1 saturated heterocycles. The van der Waals surface area contributed by atoms with Gasteiger partial charge in [0.1, 0.15) is 0 Å². The van der Waals surface area contributed by atoms with E-state index >= 15 is 0 Å². The Morgan fingerprint density at radius 2 is 1.93 bits per heavy atom. The summed E-state index contributed by atoms with van der Waals surface area (Å²) in [5.74, 6) is 0.791. The van der Waals surface area contributed by atoms with Gasteiger partial charge in [0.25, 0.3) is 0 Å². The summed E-state index contributed by atoms with van der Waals surface area (Å²) in [6.45, 7) is 1.95. The molecular weight excluding hydrogens is 364 g/mol. The average molecular weight is 384 g/mol. The number of rotatable bonds is 2. The van der Waals surface area contributed by atoms with Crippen molar-refractivity contribution in [2.45, 2.75) is 18.9 Å². The molecule has 144 valence electrons. The predicted octanol–water partition coefficient (Wildman–Crippen LogP) is 3.18. The summed E-state index contributed by atoms with van der Waals surface area (Å²) in [7, 11) is 1.61. The van der Waals surface area contributed by atoms with E-state index in [1.54, 1.807) is 13.2 Å². The van der Waals surface area contributed by atoms with E-state index in [-0.39, 0.29) is 18.3 Å². The summed E-state index contributed by atoms with van der Waals surface area (Å²) in [5, 5.41) is 17.8. The third-order valence-corrected chi connectivity index (χ3v) is 5.61. The van der Waals surface area contributed by atoms with Crippen molar-refractivity contribution in [3.05, 3.63) is 66.4 Å². The van der Waals surface area contributed by atoms with Crippen LogP contribution in [0.2, 0.25) is 0 Å². The lowest BCUT2D eigenvalue weighted by molar-refractivity contribution is -0.129. The van der Waals surface area contributed by atoms with Gasteiger partial charge in [-0.15, -0.1) is 0 Å². The second-order valence-electron chi connectivity index (χ2n) is 7.63. The molecule has 0 radical (unpaired) electrons. The van der Waals surface area contributed by atoms with Crippen molar-refractivity contribution < 1.29 is 4.79 Å². The van der Waals surface area contributed by atoms with E-state index in [1.807, 2.05) is 66.2 Å². The van der Waals surface area contributed by atoms with Gasteiger partial charge in [-0.25, -0.2) is 9.67 Å². The van der Waals surface area contributed by atoms with Gasteiger partial charge in [0, 0.05) is 17.8 Å². The Morgan fingerprint density at radius 1 is 1.10 bits per heavy atom. The van der Waals surface area contributed by atoms with Crippen molar-refractivity contribution in [1.82, 2.24) is 25.0 Å². The van der Waals surface area contributed by atoms with Crippen molar-refractivity contribution in [3.8, 4) is 5.82 Å². The molecule has 1 fully saturated rings. The lowest BCUT2D eigenvalue weighted by Crippen LogP contribution is -2.58. The number of carbonyl (C=O) groups is 1. The normalized spacial score (nSPS) is 19.7. The minimum atomic E-state index is -0.627. The smallest absolute Gasteiger partial charge is 0.231 e. The van der Waals surface area contributed by atoms with Gasteiger partial charge in [-0.05, 0) is 42.8 Å². The first kappa shape index (κ1) is 17.4. The highest BCUT2D eigenvalue weighted by Crippen LogP contribution is 2.31. The quantitative estimate of drug-likeness (QED) is 0.556. The number of amides is 1. The molecule has 1 aliphatic heterocycles. The Morgan fingerprint density at radius 3 is 2.76 bits per heavy atom. The predicted molar refractivity (Wildman–Crippen MR) is 112 cm³/mol. The fraction of sp³-hybridized carbons (Fsp3) is 0.182. The van der Waals surface area contributed by atoms with E-state index in [1.165, 1.54) is 4.90 Å². The largest absolute Gasteiger partial charge is 0.346 e. The maximum Gasteiger partial charge on any atom is 0.231 e. The minimum Gasteiger partial charge on any atom is -0.346 e. The highest BCUT2D eigenvalue weighted by atomic mass is 16.2. The Labute approximate surface area is 167 Å². The van der Waals surface area contributed by atoms with Crippen LogP contribution in [0.5, 0.6) is 0 Å². The molecule has 1 aliphatic rings. The Balaban J connectivity index is 1.56. The number of guanidine groups is 1. The van der Waals surface area contributed by atoms with E-state index in [4.69, 9.17) is 10.4 Å². The Hall–Kier alpha value is -3.74. The van der Waals surface area contributed by atoms with E-state index in [0.29, 0.717) is 0 Å². The molecule has 2 aromatic carbocycles. The molecule has 4 aromatic rings. The number of hydrogen-bond donors (Lipinski definition) is 2. The van der Waals surface area contributed by atoms with Crippen LogP contribution < -0.4 is 5.32 Å². The number of nitrogens with zero attached hydrogens (tertiary/aromatic N) is 4. The van der Waals surface area contributed by atoms with Crippen LogP contribution in [0.1, 0.15) is 18.9 Å². The lowest BCUT2D eigenvalue weighted by atomic mass is 9.86. The first-order chi connectivity index (χ1) is 13.9. The minimum absolute atomic E-state index is 0.0765. The topological polar surface area (TPSA) is 86.9 Å².